The first-order valence-corrected chi connectivity index (χ1v) is 33.2. The van der Waals surface area contributed by atoms with Gasteiger partial charge in [0.25, 0.3) is 0 Å². The molecular formula is C68H131NO3. The number of hydrogen-bond acceptors (Lipinski definition) is 3. The number of allylic oxidation sites excluding steroid dienone is 5. The molecule has 4 heteroatoms. The van der Waals surface area contributed by atoms with Crippen LogP contribution in [0.5, 0.6) is 0 Å². The maximum absolute atomic E-state index is 12.5. The maximum Gasteiger partial charge on any atom is 0.220 e. The van der Waals surface area contributed by atoms with Gasteiger partial charge in [0.2, 0.25) is 5.91 Å². The minimum absolute atomic E-state index is 0.0659. The summed E-state index contributed by atoms with van der Waals surface area (Å²) in [5.74, 6) is -0.0659. The quantitative estimate of drug-likeness (QED) is 0.0420. The lowest BCUT2D eigenvalue weighted by atomic mass is 10.0. The number of hydrogen-bond donors (Lipinski definition) is 3. The first kappa shape index (κ1) is 70.6. The Balaban J connectivity index is 3.44. The molecule has 0 bridgehead atoms. The normalized spacial score (nSPS) is 12.9. The summed E-state index contributed by atoms with van der Waals surface area (Å²) in [6.45, 7) is 4.34. The van der Waals surface area contributed by atoms with Crippen molar-refractivity contribution in [3.8, 4) is 0 Å². The van der Waals surface area contributed by atoms with Gasteiger partial charge in [-0.3, -0.25) is 4.79 Å². The molecular weight excluding hydrogens is 879 g/mol. The molecule has 1 amide bonds. The first-order valence-electron chi connectivity index (χ1n) is 33.2. The van der Waals surface area contributed by atoms with E-state index in [2.05, 4.69) is 43.5 Å². The lowest BCUT2D eigenvalue weighted by Crippen LogP contribution is -2.45. The molecule has 72 heavy (non-hydrogen) atoms. The number of carbonyl (C=O) groups excluding carboxylic acids is 1. The van der Waals surface area contributed by atoms with Crippen LogP contribution in [0, 0.1) is 0 Å². The number of nitrogens with one attached hydrogen (secondary N) is 1. The van der Waals surface area contributed by atoms with Gasteiger partial charge in [0, 0.05) is 6.42 Å². The third kappa shape index (κ3) is 59.5. The second kappa shape index (κ2) is 63.9. The standard InChI is InChI=1S/C68H131NO3/c1-3-5-7-9-11-13-15-17-19-21-23-25-27-29-30-31-32-33-34-35-36-37-38-40-42-44-46-48-50-52-54-56-58-60-62-64-68(72)69-66(65-70)67(71)63-61-59-57-55-53-51-49-47-45-43-41-39-28-26-24-22-20-18-16-14-12-10-8-6-4-2/h21,23,53,55,61,63,66-67,70-71H,3-20,22,24-52,54,56-60,62,64-65H2,1-2H3,(H,69,72)/b23-21-,55-53+,63-61+. The Morgan fingerprint density at radius 3 is 0.806 bits per heavy atom. The van der Waals surface area contributed by atoms with Crippen molar-refractivity contribution in [3.63, 3.8) is 0 Å². The summed E-state index contributed by atoms with van der Waals surface area (Å²) < 4.78 is 0. The van der Waals surface area contributed by atoms with Crippen molar-refractivity contribution in [1.29, 1.82) is 0 Å². The van der Waals surface area contributed by atoms with Gasteiger partial charge in [-0.15, -0.1) is 0 Å². The topological polar surface area (TPSA) is 69.6 Å². The van der Waals surface area contributed by atoms with Crippen molar-refractivity contribution >= 4 is 5.91 Å². The Kier molecular flexibility index (Phi) is 62.7. The number of amides is 1. The molecule has 0 saturated heterocycles. The van der Waals surface area contributed by atoms with Gasteiger partial charge < -0.3 is 15.5 Å². The fourth-order valence-corrected chi connectivity index (χ4v) is 10.5. The zero-order valence-corrected chi connectivity index (χ0v) is 49.2. The molecule has 0 saturated carbocycles. The highest BCUT2D eigenvalue weighted by Gasteiger charge is 2.18. The fraction of sp³-hybridized carbons (Fsp3) is 0.897. The van der Waals surface area contributed by atoms with Crippen LogP contribution in [-0.2, 0) is 4.79 Å². The third-order valence-corrected chi connectivity index (χ3v) is 15.6. The van der Waals surface area contributed by atoms with Gasteiger partial charge in [-0.2, -0.15) is 0 Å². The van der Waals surface area contributed by atoms with Crippen molar-refractivity contribution in [2.75, 3.05) is 6.61 Å². The predicted octanol–water partition coefficient (Wildman–Crippen LogP) is 22.4. The molecule has 0 aromatic rings. The number of carbonyl (C=O) groups is 1. The molecule has 4 nitrogen and oxygen atoms in total. The Labute approximate surface area is 452 Å². The van der Waals surface area contributed by atoms with Gasteiger partial charge in [0.05, 0.1) is 18.8 Å². The van der Waals surface area contributed by atoms with Crippen LogP contribution in [0.4, 0.5) is 0 Å². The van der Waals surface area contributed by atoms with E-state index < -0.39 is 12.1 Å². The second-order valence-corrected chi connectivity index (χ2v) is 22.9. The summed E-state index contributed by atoms with van der Waals surface area (Å²) in [4.78, 5) is 12.5. The highest BCUT2D eigenvalue weighted by atomic mass is 16.3. The van der Waals surface area contributed by atoms with Crippen LogP contribution in [0.1, 0.15) is 373 Å². The molecule has 0 heterocycles. The Hall–Kier alpha value is -1.39. The van der Waals surface area contributed by atoms with Crippen molar-refractivity contribution in [2.24, 2.45) is 0 Å². The van der Waals surface area contributed by atoms with E-state index in [0.29, 0.717) is 6.42 Å². The molecule has 0 aliphatic heterocycles. The molecule has 0 fully saturated rings. The van der Waals surface area contributed by atoms with E-state index in [-0.39, 0.29) is 12.5 Å². The number of rotatable bonds is 62. The first-order chi connectivity index (χ1) is 35.7. The summed E-state index contributed by atoms with van der Waals surface area (Å²) in [6, 6.07) is -0.638. The minimum atomic E-state index is -0.862. The monoisotopic (exact) mass is 1010 g/mol. The van der Waals surface area contributed by atoms with E-state index in [1.807, 2.05) is 6.08 Å². The number of aliphatic hydroxyl groups is 2. The molecule has 0 radical (unpaired) electrons. The van der Waals surface area contributed by atoms with E-state index in [1.54, 1.807) is 6.08 Å². The molecule has 0 spiro atoms. The summed E-state index contributed by atoms with van der Waals surface area (Å²) >= 11 is 0. The van der Waals surface area contributed by atoms with E-state index in [9.17, 15) is 15.0 Å². The Morgan fingerprint density at radius 2 is 0.542 bits per heavy atom. The van der Waals surface area contributed by atoms with E-state index >= 15 is 0 Å². The van der Waals surface area contributed by atoms with Gasteiger partial charge in [0.15, 0.2) is 0 Å². The van der Waals surface area contributed by atoms with Crippen LogP contribution in [0.25, 0.3) is 0 Å². The second-order valence-electron chi connectivity index (χ2n) is 22.9. The van der Waals surface area contributed by atoms with Crippen molar-refractivity contribution in [3.05, 3.63) is 36.5 Å². The lowest BCUT2D eigenvalue weighted by Gasteiger charge is -2.19. The zero-order chi connectivity index (χ0) is 52.0. The summed E-state index contributed by atoms with van der Waals surface area (Å²) in [6.07, 6.45) is 88.0. The highest BCUT2D eigenvalue weighted by Crippen LogP contribution is 2.18. The van der Waals surface area contributed by atoms with E-state index in [4.69, 9.17) is 0 Å². The molecule has 0 aromatic carbocycles. The van der Waals surface area contributed by atoms with E-state index in [1.165, 1.54) is 321 Å². The van der Waals surface area contributed by atoms with Crippen LogP contribution < -0.4 is 5.32 Å². The molecule has 2 atom stereocenters. The highest BCUT2D eigenvalue weighted by molar-refractivity contribution is 5.76. The van der Waals surface area contributed by atoms with Crippen molar-refractivity contribution < 1.29 is 15.0 Å². The minimum Gasteiger partial charge on any atom is -0.394 e. The molecule has 0 aromatic heterocycles. The van der Waals surface area contributed by atoms with Crippen LogP contribution in [0.3, 0.4) is 0 Å². The van der Waals surface area contributed by atoms with Crippen molar-refractivity contribution in [1.82, 2.24) is 5.32 Å². The molecule has 0 aliphatic rings. The predicted molar refractivity (Wildman–Crippen MR) is 322 cm³/mol. The molecule has 0 aliphatic carbocycles. The van der Waals surface area contributed by atoms with E-state index in [0.717, 1.165) is 32.1 Å². The smallest absolute Gasteiger partial charge is 0.220 e. The average molecular weight is 1010 g/mol. The van der Waals surface area contributed by atoms with Crippen molar-refractivity contribution in [2.45, 2.75) is 386 Å². The number of aliphatic hydroxyl groups excluding tert-OH is 2. The van der Waals surface area contributed by atoms with Gasteiger partial charge in [-0.25, -0.2) is 0 Å². The number of unbranched alkanes of at least 4 members (excludes halogenated alkanes) is 51. The SMILES string of the molecule is CCCCCCCCCC/C=C\CCCCCCCCCCCCCCCCCCCCCCCCCC(=O)NC(CO)C(O)/C=C/CC/C=C/CCCCCCCCCCCCCCCCCCCCC. The largest absolute Gasteiger partial charge is 0.394 e. The molecule has 2 unspecified atom stereocenters. The Morgan fingerprint density at radius 1 is 0.319 bits per heavy atom. The van der Waals surface area contributed by atoms with Gasteiger partial charge in [0.1, 0.15) is 0 Å². The summed E-state index contributed by atoms with van der Waals surface area (Å²) in [7, 11) is 0. The van der Waals surface area contributed by atoms with Crippen LogP contribution in [-0.4, -0.2) is 34.9 Å². The zero-order valence-electron chi connectivity index (χ0n) is 49.2. The molecule has 0 rings (SSSR count). The lowest BCUT2D eigenvalue weighted by molar-refractivity contribution is -0.123. The fourth-order valence-electron chi connectivity index (χ4n) is 10.5. The van der Waals surface area contributed by atoms with Gasteiger partial charge in [-0.1, -0.05) is 346 Å². The maximum atomic E-state index is 12.5. The third-order valence-electron chi connectivity index (χ3n) is 15.6. The van der Waals surface area contributed by atoms with Gasteiger partial charge in [-0.05, 0) is 57.8 Å². The molecule has 426 valence electrons. The molecule has 3 N–H and O–H groups in total. The van der Waals surface area contributed by atoms with Crippen LogP contribution in [0.15, 0.2) is 36.5 Å². The van der Waals surface area contributed by atoms with Crippen LogP contribution in [0.2, 0.25) is 0 Å². The summed E-state index contributed by atoms with van der Waals surface area (Å²) in [5.41, 5.74) is 0. The van der Waals surface area contributed by atoms with Gasteiger partial charge >= 0.3 is 0 Å². The van der Waals surface area contributed by atoms with Crippen LogP contribution >= 0.6 is 0 Å². The average Bonchev–Trinajstić information content (AvgIpc) is 3.39. The summed E-state index contributed by atoms with van der Waals surface area (Å²) in [5, 5.41) is 23.2. The Bertz CT molecular complexity index is 1100.